The quantitative estimate of drug-likeness (QED) is 0.538. The molecule has 0 aliphatic carbocycles. The van der Waals surface area contributed by atoms with E-state index in [0.717, 1.165) is 11.3 Å². The summed E-state index contributed by atoms with van der Waals surface area (Å²) in [6.07, 6.45) is 0. The van der Waals surface area contributed by atoms with Crippen molar-refractivity contribution in [1.29, 1.82) is 0 Å². The Kier molecular flexibility index (Phi) is 2.16. The highest BCUT2D eigenvalue weighted by molar-refractivity contribution is 5.90. The molecule has 0 spiro atoms. The minimum atomic E-state index is -0.721. The number of aliphatic hydroxyl groups is 1. The van der Waals surface area contributed by atoms with Crippen LogP contribution in [0.3, 0.4) is 0 Å². The predicted molar refractivity (Wildman–Crippen MR) is 55.7 cm³/mol. The van der Waals surface area contributed by atoms with E-state index >= 15 is 0 Å². The van der Waals surface area contributed by atoms with E-state index in [2.05, 4.69) is 5.32 Å². The van der Waals surface area contributed by atoms with Gasteiger partial charge in [0.1, 0.15) is 5.54 Å². The average molecular weight is 207 g/mol. The number of fused-ring (bicyclic) bond motifs is 1. The standard InChI is InChI=1S/C11H13NO3/c1-11(2)10(14)15-9-4-3-7(6-13)5-8(9)12-11/h3-5,12-13H,6H2,1-2H3. The summed E-state index contributed by atoms with van der Waals surface area (Å²) >= 11 is 0. The topological polar surface area (TPSA) is 58.6 Å². The van der Waals surface area contributed by atoms with Crippen LogP contribution in [0.2, 0.25) is 0 Å². The highest BCUT2D eigenvalue weighted by Gasteiger charge is 2.35. The maximum atomic E-state index is 11.5. The lowest BCUT2D eigenvalue weighted by atomic mass is 10.0. The fourth-order valence-corrected chi connectivity index (χ4v) is 1.48. The van der Waals surface area contributed by atoms with Crippen molar-refractivity contribution in [3.05, 3.63) is 23.8 Å². The molecule has 1 aliphatic rings. The van der Waals surface area contributed by atoms with Crippen LogP contribution in [0.15, 0.2) is 18.2 Å². The molecule has 1 heterocycles. The zero-order valence-corrected chi connectivity index (χ0v) is 8.70. The lowest BCUT2D eigenvalue weighted by Gasteiger charge is -2.31. The van der Waals surface area contributed by atoms with Crippen LogP contribution in [0.1, 0.15) is 19.4 Å². The van der Waals surface area contributed by atoms with E-state index in [1.54, 1.807) is 32.0 Å². The normalized spacial score (nSPS) is 17.7. The summed E-state index contributed by atoms with van der Waals surface area (Å²) in [5.74, 6) is 0.211. The van der Waals surface area contributed by atoms with Gasteiger partial charge in [0, 0.05) is 0 Å². The number of carbonyl (C=O) groups excluding carboxylic acids is 1. The van der Waals surface area contributed by atoms with Gasteiger partial charge in [0.2, 0.25) is 0 Å². The van der Waals surface area contributed by atoms with Gasteiger partial charge in [-0.2, -0.15) is 0 Å². The number of hydrogen-bond acceptors (Lipinski definition) is 4. The third-order valence-corrected chi connectivity index (χ3v) is 2.39. The van der Waals surface area contributed by atoms with Gasteiger partial charge in [-0.1, -0.05) is 6.07 Å². The molecule has 0 atom stereocenters. The van der Waals surface area contributed by atoms with Gasteiger partial charge in [-0.3, -0.25) is 0 Å². The van der Waals surface area contributed by atoms with Crippen LogP contribution in [0.4, 0.5) is 5.69 Å². The van der Waals surface area contributed by atoms with Gasteiger partial charge in [-0.25, -0.2) is 4.79 Å². The second-order valence-corrected chi connectivity index (χ2v) is 4.13. The molecule has 0 unspecified atom stereocenters. The SMILES string of the molecule is CC1(C)Nc2cc(CO)ccc2OC1=O. The van der Waals surface area contributed by atoms with Crippen LogP contribution < -0.4 is 10.1 Å². The number of hydrogen-bond donors (Lipinski definition) is 2. The number of ether oxygens (including phenoxy) is 1. The molecule has 1 aromatic rings. The van der Waals surface area contributed by atoms with Crippen LogP contribution in [-0.2, 0) is 11.4 Å². The number of esters is 1. The molecule has 4 heteroatoms. The largest absolute Gasteiger partial charge is 0.423 e. The Bertz CT molecular complexity index is 412. The van der Waals surface area contributed by atoms with E-state index in [0.29, 0.717) is 5.75 Å². The molecular weight excluding hydrogens is 194 g/mol. The summed E-state index contributed by atoms with van der Waals surface area (Å²) in [5, 5.41) is 12.1. The van der Waals surface area contributed by atoms with E-state index < -0.39 is 5.54 Å². The Labute approximate surface area is 87.9 Å². The van der Waals surface area contributed by atoms with Gasteiger partial charge in [0.05, 0.1) is 12.3 Å². The molecule has 2 rings (SSSR count). The fraction of sp³-hybridized carbons (Fsp3) is 0.364. The smallest absolute Gasteiger partial charge is 0.336 e. The third-order valence-electron chi connectivity index (χ3n) is 2.39. The number of benzene rings is 1. The summed E-state index contributed by atoms with van der Waals surface area (Å²) in [7, 11) is 0. The predicted octanol–water partition coefficient (Wildman–Crippen LogP) is 1.29. The fourth-order valence-electron chi connectivity index (χ4n) is 1.48. The summed E-state index contributed by atoms with van der Waals surface area (Å²) in [6.45, 7) is 3.48. The maximum absolute atomic E-state index is 11.5. The number of aliphatic hydroxyl groups excluding tert-OH is 1. The number of nitrogens with one attached hydrogen (secondary N) is 1. The summed E-state index contributed by atoms with van der Waals surface area (Å²) in [5.41, 5.74) is 0.808. The summed E-state index contributed by atoms with van der Waals surface area (Å²) < 4.78 is 5.16. The van der Waals surface area contributed by atoms with Gasteiger partial charge in [-0.15, -0.1) is 0 Å². The second kappa shape index (κ2) is 3.24. The molecule has 4 nitrogen and oxygen atoms in total. The Morgan fingerprint density at radius 2 is 2.20 bits per heavy atom. The molecule has 0 bridgehead atoms. The van der Waals surface area contributed by atoms with Crippen LogP contribution >= 0.6 is 0 Å². The van der Waals surface area contributed by atoms with Crippen LogP contribution in [0, 0.1) is 0 Å². The first-order valence-corrected chi connectivity index (χ1v) is 4.77. The molecule has 0 radical (unpaired) electrons. The molecular formula is C11H13NO3. The number of anilines is 1. The Morgan fingerprint density at radius 3 is 2.87 bits per heavy atom. The van der Waals surface area contributed by atoms with Crippen LogP contribution in [0.25, 0.3) is 0 Å². The van der Waals surface area contributed by atoms with Crippen molar-refractivity contribution in [1.82, 2.24) is 0 Å². The van der Waals surface area contributed by atoms with Crippen LogP contribution in [0.5, 0.6) is 5.75 Å². The molecule has 2 N–H and O–H groups in total. The number of carbonyl (C=O) groups is 1. The summed E-state index contributed by atoms with van der Waals surface area (Å²) in [4.78, 5) is 11.5. The first-order valence-electron chi connectivity index (χ1n) is 4.77. The Hall–Kier alpha value is -1.55. The minimum absolute atomic E-state index is 0.0245. The van der Waals surface area contributed by atoms with Gasteiger partial charge in [-0.05, 0) is 31.5 Å². The minimum Gasteiger partial charge on any atom is -0.423 e. The van der Waals surface area contributed by atoms with Crippen LogP contribution in [-0.4, -0.2) is 16.6 Å². The van der Waals surface area contributed by atoms with Gasteiger partial charge < -0.3 is 15.2 Å². The zero-order valence-electron chi connectivity index (χ0n) is 8.70. The molecule has 80 valence electrons. The molecule has 0 fully saturated rings. The zero-order chi connectivity index (χ0) is 11.1. The third kappa shape index (κ3) is 1.68. The van der Waals surface area contributed by atoms with E-state index in [1.165, 1.54) is 0 Å². The molecule has 0 saturated carbocycles. The Balaban J connectivity index is 2.42. The van der Waals surface area contributed by atoms with Crippen molar-refractivity contribution in [2.45, 2.75) is 26.0 Å². The van der Waals surface area contributed by atoms with Gasteiger partial charge in [0.25, 0.3) is 0 Å². The molecule has 0 saturated heterocycles. The molecule has 0 aromatic heterocycles. The van der Waals surface area contributed by atoms with E-state index in [4.69, 9.17) is 9.84 Å². The van der Waals surface area contributed by atoms with Crippen molar-refractivity contribution in [3.63, 3.8) is 0 Å². The lowest BCUT2D eigenvalue weighted by Crippen LogP contribution is -2.46. The second-order valence-electron chi connectivity index (χ2n) is 4.13. The highest BCUT2D eigenvalue weighted by Crippen LogP contribution is 2.33. The molecule has 15 heavy (non-hydrogen) atoms. The Morgan fingerprint density at radius 1 is 1.47 bits per heavy atom. The highest BCUT2D eigenvalue weighted by atomic mass is 16.5. The van der Waals surface area contributed by atoms with Crippen molar-refractivity contribution in [2.75, 3.05) is 5.32 Å². The van der Waals surface area contributed by atoms with Crippen molar-refractivity contribution in [3.8, 4) is 5.75 Å². The molecule has 1 aliphatic heterocycles. The first kappa shape index (κ1) is 9.98. The van der Waals surface area contributed by atoms with Gasteiger partial charge in [0.15, 0.2) is 5.75 Å². The molecule has 1 aromatic carbocycles. The van der Waals surface area contributed by atoms with Crippen molar-refractivity contribution in [2.24, 2.45) is 0 Å². The monoisotopic (exact) mass is 207 g/mol. The average Bonchev–Trinajstić information content (AvgIpc) is 2.18. The van der Waals surface area contributed by atoms with Crippen molar-refractivity contribution >= 4 is 11.7 Å². The maximum Gasteiger partial charge on any atom is 0.336 e. The van der Waals surface area contributed by atoms with E-state index in [9.17, 15) is 4.79 Å². The van der Waals surface area contributed by atoms with E-state index in [-0.39, 0.29) is 12.6 Å². The lowest BCUT2D eigenvalue weighted by molar-refractivity contribution is -0.139. The molecule has 0 amide bonds. The first-order chi connectivity index (χ1) is 7.03. The van der Waals surface area contributed by atoms with E-state index in [1.807, 2.05) is 0 Å². The number of rotatable bonds is 1. The van der Waals surface area contributed by atoms with Crippen molar-refractivity contribution < 1.29 is 14.6 Å². The summed E-state index contributed by atoms with van der Waals surface area (Å²) in [6, 6.07) is 5.19. The van der Waals surface area contributed by atoms with Gasteiger partial charge >= 0.3 is 5.97 Å².